The third kappa shape index (κ3) is 1.33. The molecule has 2 amide bonds. The van der Waals surface area contributed by atoms with Crippen LogP contribution in [0.2, 0.25) is 0 Å². The largest absolute Gasteiger partial charge is 0.373 e. The van der Waals surface area contributed by atoms with Crippen LogP contribution in [0.4, 0.5) is 0 Å². The number of amides is 2. The summed E-state index contributed by atoms with van der Waals surface area (Å²) in [5.41, 5.74) is -1.38. The molecule has 0 aromatic rings. The molecule has 3 aliphatic rings. The zero-order chi connectivity index (χ0) is 14.2. The number of ether oxygens (including phenoxy) is 1. The molecule has 3 saturated heterocycles. The van der Waals surface area contributed by atoms with Crippen molar-refractivity contribution >= 4 is 11.8 Å². The maximum Gasteiger partial charge on any atom is 0.238 e. The molecule has 3 fully saturated rings. The van der Waals surface area contributed by atoms with E-state index in [0.29, 0.717) is 6.54 Å². The fourth-order valence-corrected chi connectivity index (χ4v) is 4.15. The van der Waals surface area contributed by atoms with Gasteiger partial charge in [0.25, 0.3) is 0 Å². The molecule has 4 heteroatoms. The van der Waals surface area contributed by atoms with E-state index in [4.69, 9.17) is 4.74 Å². The van der Waals surface area contributed by atoms with Crippen LogP contribution in [-0.4, -0.2) is 35.5 Å². The van der Waals surface area contributed by atoms with Crippen molar-refractivity contribution in [3.63, 3.8) is 0 Å². The van der Waals surface area contributed by atoms with Gasteiger partial charge >= 0.3 is 0 Å². The molecule has 19 heavy (non-hydrogen) atoms. The minimum absolute atomic E-state index is 0.0258. The molecule has 0 unspecified atom stereocenters. The highest BCUT2D eigenvalue weighted by atomic mass is 16.5. The maximum atomic E-state index is 12.8. The summed E-state index contributed by atoms with van der Waals surface area (Å²) in [5.74, 6) is -0.0516. The van der Waals surface area contributed by atoms with E-state index in [9.17, 15) is 9.59 Å². The Kier molecular flexibility index (Phi) is 2.35. The van der Waals surface area contributed by atoms with Gasteiger partial charge < -0.3 is 4.74 Å². The molecule has 3 rings (SSSR count). The molecule has 0 saturated carbocycles. The summed E-state index contributed by atoms with van der Waals surface area (Å²) < 4.78 is 5.90. The van der Waals surface area contributed by atoms with E-state index in [-0.39, 0.29) is 29.4 Å². The number of nitrogens with zero attached hydrogens (tertiary/aromatic N) is 1. The molecule has 0 N–H and O–H groups in total. The van der Waals surface area contributed by atoms with Gasteiger partial charge in [0, 0.05) is 6.54 Å². The first kappa shape index (κ1) is 13.1. The average molecular weight is 265 g/mol. The minimum Gasteiger partial charge on any atom is -0.373 e. The summed E-state index contributed by atoms with van der Waals surface area (Å²) in [6.45, 7) is 10.5. The molecule has 3 heterocycles. The van der Waals surface area contributed by atoms with Crippen LogP contribution in [0.3, 0.4) is 0 Å². The van der Waals surface area contributed by atoms with Crippen LogP contribution >= 0.6 is 0 Å². The summed E-state index contributed by atoms with van der Waals surface area (Å²) in [5, 5.41) is 0. The van der Waals surface area contributed by atoms with Gasteiger partial charge in [-0.05, 0) is 32.1 Å². The lowest BCUT2D eigenvalue weighted by molar-refractivity contribution is -0.146. The number of rotatable bonds is 1. The highest BCUT2D eigenvalue weighted by molar-refractivity contribution is 6.10. The lowest BCUT2D eigenvalue weighted by Gasteiger charge is -2.36. The second kappa shape index (κ2) is 3.40. The molecule has 0 spiro atoms. The van der Waals surface area contributed by atoms with Gasteiger partial charge in [0.15, 0.2) is 0 Å². The number of carbonyl (C=O) groups excluding carboxylic acids is 2. The Morgan fingerprint density at radius 3 is 1.89 bits per heavy atom. The van der Waals surface area contributed by atoms with E-state index >= 15 is 0 Å². The van der Waals surface area contributed by atoms with Crippen LogP contribution in [0.15, 0.2) is 0 Å². The standard InChI is InChI=1S/C15H23NO3/c1-13(2,3)8-16-11(17)14(4)9-6-7-10(19-9)15(14,5)12(16)18/h9-10H,6-8H2,1-5H3/t9-,10+,14-,15+. The quantitative estimate of drug-likeness (QED) is 0.681. The van der Waals surface area contributed by atoms with Gasteiger partial charge in [-0.2, -0.15) is 0 Å². The lowest BCUT2D eigenvalue weighted by Crippen LogP contribution is -2.48. The van der Waals surface area contributed by atoms with E-state index in [1.165, 1.54) is 4.90 Å². The molecular formula is C15H23NO3. The van der Waals surface area contributed by atoms with Crippen molar-refractivity contribution in [1.82, 2.24) is 4.90 Å². The van der Waals surface area contributed by atoms with Gasteiger partial charge in [-0.25, -0.2) is 0 Å². The highest BCUT2D eigenvalue weighted by Gasteiger charge is 2.77. The first-order chi connectivity index (χ1) is 8.62. The van der Waals surface area contributed by atoms with Crippen LogP contribution in [0.1, 0.15) is 47.5 Å². The molecule has 3 aliphatic heterocycles. The second-order valence-electron chi connectivity index (χ2n) is 7.85. The monoisotopic (exact) mass is 265 g/mol. The van der Waals surface area contributed by atoms with Gasteiger partial charge in [-0.1, -0.05) is 20.8 Å². The van der Waals surface area contributed by atoms with Gasteiger partial charge in [0.2, 0.25) is 11.8 Å². The van der Waals surface area contributed by atoms with Crippen LogP contribution < -0.4 is 0 Å². The van der Waals surface area contributed by atoms with Crippen molar-refractivity contribution in [2.75, 3.05) is 6.54 Å². The van der Waals surface area contributed by atoms with E-state index in [0.717, 1.165) is 12.8 Å². The Morgan fingerprint density at radius 2 is 1.53 bits per heavy atom. The third-order valence-corrected chi connectivity index (χ3v) is 5.40. The zero-order valence-corrected chi connectivity index (χ0v) is 12.4. The van der Waals surface area contributed by atoms with Gasteiger partial charge in [-0.3, -0.25) is 14.5 Å². The Bertz CT molecular complexity index is 433. The van der Waals surface area contributed by atoms with Crippen molar-refractivity contribution in [2.24, 2.45) is 16.2 Å². The van der Waals surface area contributed by atoms with Crippen molar-refractivity contribution in [3.05, 3.63) is 0 Å². The summed E-state index contributed by atoms with van der Waals surface area (Å²) >= 11 is 0. The van der Waals surface area contributed by atoms with Crippen LogP contribution in [-0.2, 0) is 14.3 Å². The molecule has 106 valence electrons. The molecular weight excluding hydrogens is 242 g/mol. The first-order valence-corrected chi connectivity index (χ1v) is 7.14. The molecule has 0 radical (unpaired) electrons. The van der Waals surface area contributed by atoms with Crippen LogP contribution in [0, 0.1) is 16.2 Å². The molecule has 0 aromatic heterocycles. The van der Waals surface area contributed by atoms with Crippen LogP contribution in [0.5, 0.6) is 0 Å². The maximum absolute atomic E-state index is 12.8. The van der Waals surface area contributed by atoms with Gasteiger partial charge in [-0.15, -0.1) is 0 Å². The summed E-state index contributed by atoms with van der Waals surface area (Å²) in [6, 6.07) is 0. The fourth-order valence-electron chi connectivity index (χ4n) is 4.15. The van der Waals surface area contributed by atoms with E-state index in [2.05, 4.69) is 20.8 Å². The Balaban J connectivity index is 2.03. The normalized spacial score (nSPS) is 45.2. The van der Waals surface area contributed by atoms with Crippen molar-refractivity contribution in [3.8, 4) is 0 Å². The Labute approximate surface area is 114 Å². The number of imide groups is 1. The number of likely N-dealkylation sites (tertiary alicyclic amines) is 1. The summed E-state index contributed by atoms with van der Waals surface area (Å²) in [6.07, 6.45) is 1.64. The van der Waals surface area contributed by atoms with E-state index in [1.807, 2.05) is 13.8 Å². The number of carbonyl (C=O) groups is 2. The predicted molar refractivity (Wildman–Crippen MR) is 70.3 cm³/mol. The van der Waals surface area contributed by atoms with Crippen molar-refractivity contribution in [1.29, 1.82) is 0 Å². The molecule has 0 aromatic carbocycles. The van der Waals surface area contributed by atoms with E-state index in [1.54, 1.807) is 0 Å². The molecule has 4 atom stereocenters. The highest BCUT2D eigenvalue weighted by Crippen LogP contribution is 2.64. The Morgan fingerprint density at radius 1 is 1.11 bits per heavy atom. The molecule has 4 nitrogen and oxygen atoms in total. The first-order valence-electron chi connectivity index (χ1n) is 7.14. The summed E-state index contributed by atoms with van der Waals surface area (Å²) in [7, 11) is 0. The lowest BCUT2D eigenvalue weighted by atomic mass is 9.59. The average Bonchev–Trinajstić information content (AvgIpc) is 2.89. The third-order valence-electron chi connectivity index (χ3n) is 5.40. The number of hydrogen-bond acceptors (Lipinski definition) is 3. The minimum atomic E-state index is -0.655. The molecule has 0 aliphatic carbocycles. The SMILES string of the molecule is CC(C)(C)CN1C(=O)[C@@]2(C)[C@H]3CC[C@H](O3)[C@@]2(C)C1=O. The predicted octanol–water partition coefficient (Wildman–Crippen LogP) is 1.98. The molecule has 2 bridgehead atoms. The second-order valence-corrected chi connectivity index (χ2v) is 7.85. The van der Waals surface area contributed by atoms with Crippen molar-refractivity contribution in [2.45, 2.75) is 59.7 Å². The van der Waals surface area contributed by atoms with Gasteiger partial charge in [0.1, 0.15) is 0 Å². The fraction of sp³-hybridized carbons (Fsp3) is 0.867. The smallest absolute Gasteiger partial charge is 0.238 e. The summed E-state index contributed by atoms with van der Waals surface area (Å²) in [4.78, 5) is 27.1. The topological polar surface area (TPSA) is 46.6 Å². The Hall–Kier alpha value is -0.900. The van der Waals surface area contributed by atoms with Crippen LogP contribution in [0.25, 0.3) is 0 Å². The van der Waals surface area contributed by atoms with E-state index < -0.39 is 10.8 Å². The zero-order valence-electron chi connectivity index (χ0n) is 12.4. The number of fused-ring (bicyclic) bond motifs is 5. The van der Waals surface area contributed by atoms with Gasteiger partial charge in [0.05, 0.1) is 23.0 Å². The number of hydrogen-bond donors (Lipinski definition) is 0. The van der Waals surface area contributed by atoms with Crippen molar-refractivity contribution < 1.29 is 14.3 Å².